The fourth-order valence-corrected chi connectivity index (χ4v) is 7.37. The predicted molar refractivity (Wildman–Crippen MR) is 146 cm³/mol. The van der Waals surface area contributed by atoms with Crippen LogP contribution in [0.15, 0.2) is 57.5 Å². The fourth-order valence-electron chi connectivity index (χ4n) is 4.50. The van der Waals surface area contributed by atoms with Crippen LogP contribution >= 0.6 is 35.1 Å². The van der Waals surface area contributed by atoms with Crippen molar-refractivity contribution in [1.29, 1.82) is 0 Å². The normalized spacial score (nSPS) is 19.9. The summed E-state index contributed by atoms with van der Waals surface area (Å²) in [5.41, 5.74) is -0.0767. The van der Waals surface area contributed by atoms with E-state index in [-0.39, 0.29) is 35.5 Å². The minimum atomic E-state index is -1.60. The molecule has 17 heteroatoms. The molecule has 1 fully saturated rings. The first-order valence-corrected chi connectivity index (χ1v) is 14.3. The highest BCUT2D eigenvalue weighted by Gasteiger charge is 2.55. The topological polar surface area (TPSA) is 207 Å². The number of hydrogen-bond donors (Lipinski definition) is 5. The minimum absolute atomic E-state index is 0.0192. The maximum atomic E-state index is 13.1. The van der Waals surface area contributed by atoms with Crippen LogP contribution in [0.25, 0.3) is 5.65 Å². The van der Waals surface area contributed by atoms with Crippen molar-refractivity contribution >= 4 is 64.5 Å². The summed E-state index contributed by atoms with van der Waals surface area (Å²) in [6.45, 7) is 0. The second kappa shape index (κ2) is 11.6. The van der Waals surface area contributed by atoms with Gasteiger partial charge in [-0.3, -0.25) is 19.3 Å². The van der Waals surface area contributed by atoms with E-state index < -0.39 is 52.2 Å². The number of H-pyrrole nitrogens is 1. The summed E-state index contributed by atoms with van der Waals surface area (Å²) in [5, 5.41) is 41.8. The molecule has 3 aromatic rings. The van der Waals surface area contributed by atoms with Gasteiger partial charge >= 0.3 is 17.6 Å². The summed E-state index contributed by atoms with van der Waals surface area (Å²) in [6, 6.07) is 8.07. The van der Waals surface area contributed by atoms with Crippen molar-refractivity contribution in [3.63, 3.8) is 0 Å². The smallest absolute Gasteiger partial charge is 0.364 e. The lowest BCUT2D eigenvalue weighted by Gasteiger charge is -2.50. The third kappa shape index (κ3) is 5.68. The predicted octanol–water partition coefficient (Wildman–Crippen LogP) is 0.869. The van der Waals surface area contributed by atoms with E-state index in [0.29, 0.717) is 15.6 Å². The molecule has 214 valence electrons. The summed E-state index contributed by atoms with van der Waals surface area (Å²) in [5.74, 6) is -3.90. The zero-order valence-electron chi connectivity index (χ0n) is 20.8. The zero-order valence-corrected chi connectivity index (χ0v) is 23.1. The number of aromatic nitrogens is 4. The van der Waals surface area contributed by atoms with Crippen LogP contribution in [0.3, 0.4) is 0 Å². The Bertz CT molecular complexity index is 1660. The summed E-state index contributed by atoms with van der Waals surface area (Å²) in [7, 11) is 0. The quantitative estimate of drug-likeness (QED) is 0.158. The van der Waals surface area contributed by atoms with Gasteiger partial charge in [0.25, 0.3) is 11.8 Å². The van der Waals surface area contributed by atoms with E-state index in [1.165, 1.54) is 30.0 Å². The highest BCUT2D eigenvalue weighted by molar-refractivity contribution is 8.01. The molecule has 1 aromatic carbocycles. The summed E-state index contributed by atoms with van der Waals surface area (Å²) in [4.78, 5) is 62.7. The van der Waals surface area contributed by atoms with E-state index in [9.17, 15) is 39.3 Å². The number of carboxylic acids is 2. The van der Waals surface area contributed by atoms with Crippen LogP contribution in [0.1, 0.15) is 24.5 Å². The number of amides is 2. The molecule has 0 bridgehead atoms. The molecular weight excluding hydrogens is 600 g/mol. The SMILES string of the molecule is O=C(O)CCC(Sc1ccc2n[nH]c(=O)n2n1)C1=C(C(=O)O)N2C(=O)C(NC(=O)[C@H](O)c3cccc(Cl)c3)[C@H]2SC1. The molecule has 4 heterocycles. The van der Waals surface area contributed by atoms with Gasteiger partial charge in [-0.1, -0.05) is 35.5 Å². The summed E-state index contributed by atoms with van der Waals surface area (Å²) in [6.07, 6.45) is -1.87. The summed E-state index contributed by atoms with van der Waals surface area (Å²) < 4.78 is 1.03. The first-order chi connectivity index (χ1) is 19.5. The van der Waals surface area contributed by atoms with Crippen LogP contribution in [-0.2, 0) is 19.2 Å². The van der Waals surface area contributed by atoms with Crippen molar-refractivity contribution < 1.29 is 34.5 Å². The lowest BCUT2D eigenvalue weighted by atomic mass is 9.99. The minimum Gasteiger partial charge on any atom is -0.481 e. The van der Waals surface area contributed by atoms with E-state index in [1.54, 1.807) is 18.2 Å². The van der Waals surface area contributed by atoms with Crippen molar-refractivity contribution in [3.05, 3.63) is 68.7 Å². The van der Waals surface area contributed by atoms with Crippen LogP contribution in [-0.4, -0.2) is 86.2 Å². The number of carbonyl (C=O) groups is 4. The molecule has 2 aromatic heterocycles. The average Bonchev–Trinajstić information content (AvgIpc) is 3.32. The zero-order chi connectivity index (χ0) is 29.4. The second-order valence-electron chi connectivity index (χ2n) is 9.04. The molecule has 5 rings (SSSR count). The van der Waals surface area contributed by atoms with Crippen LogP contribution in [0.4, 0.5) is 0 Å². The number of rotatable bonds is 10. The number of nitrogens with zero attached hydrogens (tertiary/aromatic N) is 4. The van der Waals surface area contributed by atoms with E-state index >= 15 is 0 Å². The van der Waals surface area contributed by atoms with Crippen molar-refractivity contribution in [2.45, 2.75) is 40.6 Å². The van der Waals surface area contributed by atoms with Gasteiger partial charge in [0.15, 0.2) is 11.8 Å². The van der Waals surface area contributed by atoms with Crippen molar-refractivity contribution in [3.8, 4) is 0 Å². The lowest BCUT2D eigenvalue weighted by molar-refractivity contribution is -0.151. The van der Waals surface area contributed by atoms with Crippen LogP contribution in [0.2, 0.25) is 5.02 Å². The molecule has 2 aliphatic heterocycles. The number of carbonyl (C=O) groups excluding carboxylic acids is 2. The molecule has 5 N–H and O–H groups in total. The molecular formula is C24H21ClN6O8S2. The van der Waals surface area contributed by atoms with Gasteiger partial charge in [-0.05, 0) is 41.8 Å². The molecule has 41 heavy (non-hydrogen) atoms. The van der Waals surface area contributed by atoms with Crippen molar-refractivity contribution in [1.82, 2.24) is 30.0 Å². The number of hydrogen-bond acceptors (Lipinski definition) is 10. The van der Waals surface area contributed by atoms with Crippen molar-refractivity contribution in [2.24, 2.45) is 0 Å². The first-order valence-electron chi connectivity index (χ1n) is 12.0. The summed E-state index contributed by atoms with van der Waals surface area (Å²) >= 11 is 8.20. The molecule has 0 saturated carbocycles. The molecule has 2 aliphatic rings. The average molecular weight is 621 g/mol. The fraction of sp³-hybridized carbons (Fsp3) is 0.292. The van der Waals surface area contributed by atoms with Gasteiger partial charge in [0, 0.05) is 22.4 Å². The van der Waals surface area contributed by atoms with Crippen molar-refractivity contribution in [2.75, 3.05) is 5.75 Å². The molecule has 0 radical (unpaired) electrons. The number of fused-ring (bicyclic) bond motifs is 2. The largest absolute Gasteiger partial charge is 0.481 e. The molecule has 4 atom stereocenters. The molecule has 0 aliphatic carbocycles. The maximum absolute atomic E-state index is 13.1. The van der Waals surface area contributed by atoms with E-state index in [2.05, 4.69) is 20.6 Å². The highest BCUT2D eigenvalue weighted by Crippen LogP contribution is 2.44. The van der Waals surface area contributed by atoms with Crippen LogP contribution < -0.4 is 11.0 Å². The highest BCUT2D eigenvalue weighted by atomic mass is 35.5. The Morgan fingerprint density at radius 3 is 2.71 bits per heavy atom. The first kappa shape index (κ1) is 28.7. The Morgan fingerprint density at radius 2 is 2.00 bits per heavy atom. The number of thioether (sulfide) groups is 2. The number of halogens is 1. The van der Waals surface area contributed by atoms with Gasteiger partial charge in [-0.2, -0.15) is 14.7 Å². The van der Waals surface area contributed by atoms with E-state index in [1.807, 2.05) is 0 Å². The number of aromatic amines is 1. The Morgan fingerprint density at radius 1 is 1.22 bits per heavy atom. The number of β-lactam (4-membered cyclic amide) rings is 1. The second-order valence-corrected chi connectivity index (χ2v) is 11.8. The monoisotopic (exact) mass is 620 g/mol. The van der Waals surface area contributed by atoms with Gasteiger partial charge in [0.05, 0.1) is 0 Å². The van der Waals surface area contributed by atoms with Gasteiger partial charge in [0.2, 0.25) is 0 Å². The number of aliphatic hydroxyl groups is 1. The van der Waals surface area contributed by atoms with E-state index in [0.717, 1.165) is 21.2 Å². The molecule has 1 saturated heterocycles. The number of aliphatic hydroxyl groups excluding tert-OH is 1. The molecule has 0 spiro atoms. The number of aliphatic carboxylic acids is 2. The number of nitrogens with one attached hydrogen (secondary N) is 2. The molecule has 14 nitrogen and oxygen atoms in total. The third-order valence-electron chi connectivity index (χ3n) is 6.43. The Labute approximate surface area is 243 Å². The van der Waals surface area contributed by atoms with Gasteiger partial charge in [-0.15, -0.1) is 11.8 Å². The maximum Gasteiger partial charge on any atom is 0.364 e. The van der Waals surface area contributed by atoms with Gasteiger partial charge in [0.1, 0.15) is 22.1 Å². The third-order valence-corrected chi connectivity index (χ3v) is 9.23. The van der Waals surface area contributed by atoms with Crippen LogP contribution in [0, 0.1) is 0 Å². The Kier molecular flexibility index (Phi) is 8.08. The number of benzene rings is 1. The molecule has 2 amide bonds. The van der Waals surface area contributed by atoms with Crippen LogP contribution in [0.5, 0.6) is 0 Å². The lowest BCUT2D eigenvalue weighted by Crippen LogP contribution is -2.71. The molecule has 2 unspecified atom stereocenters. The Balaban J connectivity index is 1.39. The van der Waals surface area contributed by atoms with Gasteiger partial charge < -0.3 is 20.6 Å². The van der Waals surface area contributed by atoms with E-state index in [4.69, 9.17) is 11.6 Å². The number of carboxylic acid groups (broad SMARTS) is 2. The standard InChI is InChI=1S/C24H21ClN6O8S2/c25-11-3-1-2-10(8-11)19(34)20(35)26-17-21(36)30-18(23(37)38)12(9-40-22(17)30)13(4-7-16(32)33)41-15-6-5-14-27-28-24(39)31(14)29-15/h1-3,5-6,8,13,17,19,22,34H,4,7,9H2,(H,26,35)(H,28,39)(H,32,33)(H,37,38)/t13?,17?,19-,22-/m1/s1. The Hall–Kier alpha value is -3.86. The van der Waals surface area contributed by atoms with Gasteiger partial charge in [-0.25, -0.2) is 14.7 Å².